The highest BCUT2D eigenvalue weighted by atomic mass is 16.5. The number of hydrogen-bond donors (Lipinski definition) is 2. The molecular weight excluding hydrogens is 280 g/mol. The molecule has 3 aromatic rings. The van der Waals surface area contributed by atoms with Crippen molar-refractivity contribution in [3.63, 3.8) is 0 Å². The Morgan fingerprint density at radius 1 is 1.32 bits per heavy atom. The summed E-state index contributed by atoms with van der Waals surface area (Å²) in [4.78, 5) is 15.1. The number of ether oxygens (including phenoxy) is 1. The highest BCUT2D eigenvalue weighted by Gasteiger charge is 2.11. The molecule has 1 amide bonds. The second-order valence-corrected chi connectivity index (χ2v) is 4.91. The van der Waals surface area contributed by atoms with Crippen LogP contribution in [-0.2, 0) is 6.42 Å². The van der Waals surface area contributed by atoms with Crippen molar-refractivity contribution in [1.29, 1.82) is 0 Å². The first kappa shape index (κ1) is 14.3. The third kappa shape index (κ3) is 2.83. The van der Waals surface area contributed by atoms with Crippen LogP contribution in [0.1, 0.15) is 23.0 Å². The second-order valence-electron chi connectivity index (χ2n) is 4.91. The second kappa shape index (κ2) is 6.39. The third-order valence-corrected chi connectivity index (χ3v) is 3.47. The fraction of sp³-hybridized carbons (Fsp3) is 0.235. The van der Waals surface area contributed by atoms with Crippen LogP contribution in [-0.4, -0.2) is 24.0 Å². The van der Waals surface area contributed by atoms with Gasteiger partial charge in [0.1, 0.15) is 5.75 Å². The summed E-state index contributed by atoms with van der Waals surface area (Å²) in [6.07, 6.45) is 4.17. The maximum Gasteiger partial charge on any atom is 0.286 e. The minimum atomic E-state index is -0.199. The number of aromatic amines is 1. The number of hydrogen-bond acceptors (Lipinski definition) is 3. The molecule has 3 rings (SSSR count). The van der Waals surface area contributed by atoms with E-state index < -0.39 is 0 Å². The number of aromatic nitrogens is 1. The fourth-order valence-corrected chi connectivity index (χ4v) is 2.50. The van der Waals surface area contributed by atoms with Crippen LogP contribution in [0, 0.1) is 0 Å². The number of H-pyrrole nitrogens is 1. The average molecular weight is 298 g/mol. The number of rotatable bonds is 6. The topological polar surface area (TPSA) is 67.3 Å². The number of carbonyl (C=O) groups excluding carboxylic acids is 1. The Bertz CT molecular complexity index is 759. The molecule has 2 aromatic heterocycles. The summed E-state index contributed by atoms with van der Waals surface area (Å²) >= 11 is 0. The molecule has 0 unspecified atom stereocenters. The van der Waals surface area contributed by atoms with E-state index >= 15 is 0 Å². The Morgan fingerprint density at radius 2 is 2.23 bits per heavy atom. The van der Waals surface area contributed by atoms with Crippen LogP contribution in [0.25, 0.3) is 10.9 Å². The maximum atomic E-state index is 11.8. The third-order valence-electron chi connectivity index (χ3n) is 3.47. The van der Waals surface area contributed by atoms with Crippen LogP contribution in [0.15, 0.2) is 47.2 Å². The Morgan fingerprint density at radius 3 is 3.00 bits per heavy atom. The molecule has 0 radical (unpaired) electrons. The maximum absolute atomic E-state index is 11.8. The van der Waals surface area contributed by atoms with Gasteiger partial charge in [0.15, 0.2) is 5.76 Å². The zero-order chi connectivity index (χ0) is 15.4. The summed E-state index contributed by atoms with van der Waals surface area (Å²) in [5.74, 6) is 0.998. The molecule has 114 valence electrons. The van der Waals surface area contributed by atoms with E-state index in [0.717, 1.165) is 28.6 Å². The molecule has 0 spiro atoms. The van der Waals surface area contributed by atoms with Gasteiger partial charge < -0.3 is 19.5 Å². The van der Waals surface area contributed by atoms with E-state index in [0.29, 0.717) is 18.9 Å². The van der Waals surface area contributed by atoms with Crippen LogP contribution >= 0.6 is 0 Å². The Balaban J connectivity index is 1.70. The SMILES string of the molecule is CCOc1cccc2[nH]cc(CCNC(=O)c3ccco3)c12. The lowest BCUT2D eigenvalue weighted by Gasteiger charge is -2.07. The molecule has 5 heteroatoms. The highest BCUT2D eigenvalue weighted by molar-refractivity contribution is 5.91. The molecule has 0 aliphatic carbocycles. The number of benzene rings is 1. The molecular formula is C17H18N2O3. The number of amides is 1. The van der Waals surface area contributed by atoms with Crippen molar-refractivity contribution in [2.24, 2.45) is 0 Å². The molecule has 22 heavy (non-hydrogen) atoms. The van der Waals surface area contributed by atoms with Gasteiger partial charge in [0, 0.05) is 23.6 Å². The summed E-state index contributed by atoms with van der Waals surface area (Å²) in [6, 6.07) is 9.29. The molecule has 0 aliphatic heterocycles. The first-order chi connectivity index (χ1) is 10.8. The van der Waals surface area contributed by atoms with Crippen molar-refractivity contribution in [3.05, 3.63) is 54.1 Å². The molecule has 1 aromatic carbocycles. The Kier molecular flexibility index (Phi) is 4.14. The largest absolute Gasteiger partial charge is 0.493 e. The summed E-state index contributed by atoms with van der Waals surface area (Å²) in [7, 11) is 0. The van der Waals surface area contributed by atoms with E-state index in [-0.39, 0.29) is 5.91 Å². The molecule has 2 heterocycles. The van der Waals surface area contributed by atoms with Gasteiger partial charge in [0.25, 0.3) is 5.91 Å². The lowest BCUT2D eigenvalue weighted by molar-refractivity contribution is 0.0926. The Hall–Kier alpha value is -2.69. The first-order valence-corrected chi connectivity index (χ1v) is 7.33. The van der Waals surface area contributed by atoms with Crippen LogP contribution < -0.4 is 10.1 Å². The predicted octanol–water partition coefficient (Wildman–Crippen LogP) is 3.13. The van der Waals surface area contributed by atoms with E-state index in [1.807, 2.05) is 31.3 Å². The van der Waals surface area contributed by atoms with Crippen LogP contribution in [0.2, 0.25) is 0 Å². The summed E-state index contributed by atoms with van der Waals surface area (Å²) in [5, 5.41) is 3.93. The van der Waals surface area contributed by atoms with Crippen molar-refractivity contribution in [1.82, 2.24) is 10.3 Å². The van der Waals surface area contributed by atoms with Gasteiger partial charge in [-0.25, -0.2) is 0 Å². The standard InChI is InChI=1S/C17H18N2O3/c1-2-21-14-6-3-5-13-16(14)12(11-19-13)8-9-18-17(20)15-7-4-10-22-15/h3-7,10-11,19H,2,8-9H2,1H3,(H,18,20). The molecule has 5 nitrogen and oxygen atoms in total. The highest BCUT2D eigenvalue weighted by Crippen LogP contribution is 2.29. The van der Waals surface area contributed by atoms with Gasteiger partial charge in [-0.2, -0.15) is 0 Å². The molecule has 0 fully saturated rings. The van der Waals surface area contributed by atoms with E-state index in [9.17, 15) is 4.79 Å². The molecule has 0 saturated carbocycles. The minimum absolute atomic E-state index is 0.199. The monoisotopic (exact) mass is 298 g/mol. The van der Waals surface area contributed by atoms with Crippen LogP contribution in [0.4, 0.5) is 0 Å². The number of nitrogens with one attached hydrogen (secondary N) is 2. The summed E-state index contributed by atoms with van der Waals surface area (Å²) in [5.41, 5.74) is 2.16. The number of fused-ring (bicyclic) bond motifs is 1. The van der Waals surface area contributed by atoms with Gasteiger partial charge in [-0.3, -0.25) is 4.79 Å². The normalized spacial score (nSPS) is 10.8. The van der Waals surface area contributed by atoms with Crippen molar-refractivity contribution in [2.45, 2.75) is 13.3 Å². The van der Waals surface area contributed by atoms with Crippen molar-refractivity contribution >= 4 is 16.8 Å². The van der Waals surface area contributed by atoms with Gasteiger partial charge in [0.2, 0.25) is 0 Å². The number of carbonyl (C=O) groups is 1. The molecule has 0 atom stereocenters. The van der Waals surface area contributed by atoms with E-state index in [1.54, 1.807) is 12.1 Å². The van der Waals surface area contributed by atoms with Crippen molar-refractivity contribution in [3.8, 4) is 5.75 Å². The summed E-state index contributed by atoms with van der Waals surface area (Å²) in [6.45, 7) is 3.13. The summed E-state index contributed by atoms with van der Waals surface area (Å²) < 4.78 is 10.7. The molecule has 0 bridgehead atoms. The van der Waals surface area contributed by atoms with Gasteiger partial charge >= 0.3 is 0 Å². The van der Waals surface area contributed by atoms with Gasteiger partial charge in [-0.1, -0.05) is 6.07 Å². The molecule has 0 aliphatic rings. The fourth-order valence-electron chi connectivity index (χ4n) is 2.50. The predicted molar refractivity (Wildman–Crippen MR) is 84.2 cm³/mol. The smallest absolute Gasteiger partial charge is 0.286 e. The van der Waals surface area contributed by atoms with Gasteiger partial charge in [0.05, 0.1) is 12.9 Å². The van der Waals surface area contributed by atoms with Crippen LogP contribution in [0.3, 0.4) is 0 Å². The van der Waals surface area contributed by atoms with Gasteiger partial charge in [-0.15, -0.1) is 0 Å². The van der Waals surface area contributed by atoms with Crippen LogP contribution in [0.5, 0.6) is 5.75 Å². The van der Waals surface area contributed by atoms with E-state index in [1.165, 1.54) is 6.26 Å². The van der Waals surface area contributed by atoms with Crippen molar-refractivity contribution < 1.29 is 13.9 Å². The van der Waals surface area contributed by atoms with E-state index in [2.05, 4.69) is 10.3 Å². The zero-order valence-electron chi connectivity index (χ0n) is 12.4. The Labute approximate surface area is 128 Å². The zero-order valence-corrected chi connectivity index (χ0v) is 12.4. The first-order valence-electron chi connectivity index (χ1n) is 7.33. The van der Waals surface area contributed by atoms with Crippen molar-refractivity contribution in [2.75, 3.05) is 13.2 Å². The minimum Gasteiger partial charge on any atom is -0.493 e. The lowest BCUT2D eigenvalue weighted by atomic mass is 10.1. The number of furan rings is 1. The molecule has 2 N–H and O–H groups in total. The molecule has 0 saturated heterocycles. The quantitative estimate of drug-likeness (QED) is 0.734. The lowest BCUT2D eigenvalue weighted by Crippen LogP contribution is -2.25. The van der Waals surface area contributed by atoms with Gasteiger partial charge in [-0.05, 0) is 43.2 Å². The van der Waals surface area contributed by atoms with E-state index in [4.69, 9.17) is 9.15 Å². The average Bonchev–Trinajstić information content (AvgIpc) is 3.17.